The van der Waals surface area contributed by atoms with Gasteiger partial charge in [-0.1, -0.05) is 43.9 Å². The van der Waals surface area contributed by atoms with Crippen molar-refractivity contribution < 1.29 is 4.39 Å². The Balaban J connectivity index is 1.83. The summed E-state index contributed by atoms with van der Waals surface area (Å²) in [7, 11) is 0. The predicted molar refractivity (Wildman–Crippen MR) is 72.4 cm³/mol. The Bertz CT molecular complexity index is 361. The number of hydrazine groups is 1. The predicted octanol–water partition coefficient (Wildman–Crippen LogP) is 3.17. The van der Waals surface area contributed by atoms with Crippen LogP contribution in [0.1, 0.15) is 44.1 Å². The van der Waals surface area contributed by atoms with E-state index in [2.05, 4.69) is 5.43 Å². The van der Waals surface area contributed by atoms with Gasteiger partial charge in [-0.25, -0.2) is 4.39 Å². The highest BCUT2D eigenvalue weighted by Crippen LogP contribution is 2.29. The highest BCUT2D eigenvalue weighted by atomic mass is 19.1. The molecule has 1 aliphatic rings. The molecular formula is C15H23FN2. The zero-order valence-corrected chi connectivity index (χ0v) is 10.9. The van der Waals surface area contributed by atoms with E-state index in [1.165, 1.54) is 38.2 Å². The summed E-state index contributed by atoms with van der Waals surface area (Å²) in [6.45, 7) is 0. The monoisotopic (exact) mass is 250 g/mol. The summed E-state index contributed by atoms with van der Waals surface area (Å²) in [5, 5.41) is 0. The first-order valence-corrected chi connectivity index (χ1v) is 6.99. The highest BCUT2D eigenvalue weighted by molar-refractivity contribution is 5.18. The van der Waals surface area contributed by atoms with Gasteiger partial charge in [0.2, 0.25) is 0 Å². The molecule has 0 saturated heterocycles. The summed E-state index contributed by atoms with van der Waals surface area (Å²) in [4.78, 5) is 0. The molecule has 1 aromatic carbocycles. The summed E-state index contributed by atoms with van der Waals surface area (Å²) in [6, 6.07) is 7.14. The highest BCUT2D eigenvalue weighted by Gasteiger charge is 2.17. The fourth-order valence-electron chi connectivity index (χ4n) is 2.91. The Kier molecular flexibility index (Phi) is 5.14. The summed E-state index contributed by atoms with van der Waals surface area (Å²) >= 11 is 0. The minimum absolute atomic E-state index is 0.126. The van der Waals surface area contributed by atoms with E-state index in [9.17, 15) is 4.39 Å². The molecule has 18 heavy (non-hydrogen) atoms. The van der Waals surface area contributed by atoms with Crippen LogP contribution in [0.25, 0.3) is 0 Å². The maximum atomic E-state index is 13.6. The SMILES string of the molecule is NNC(CCC1CCCC1)Cc1ccccc1F. The van der Waals surface area contributed by atoms with Gasteiger partial charge in [-0.15, -0.1) is 0 Å². The summed E-state index contributed by atoms with van der Waals surface area (Å²) in [5.74, 6) is 6.32. The van der Waals surface area contributed by atoms with Crippen molar-refractivity contribution >= 4 is 0 Å². The molecule has 1 atom stereocenters. The molecule has 2 rings (SSSR count). The Hall–Kier alpha value is -0.930. The molecule has 1 aromatic rings. The molecule has 2 nitrogen and oxygen atoms in total. The van der Waals surface area contributed by atoms with Crippen molar-refractivity contribution in [3.63, 3.8) is 0 Å². The van der Waals surface area contributed by atoms with Crippen LogP contribution in [-0.4, -0.2) is 6.04 Å². The second kappa shape index (κ2) is 6.86. The van der Waals surface area contributed by atoms with Crippen molar-refractivity contribution in [1.29, 1.82) is 0 Å². The summed E-state index contributed by atoms with van der Waals surface area (Å²) in [5.41, 5.74) is 3.59. The third kappa shape index (κ3) is 3.79. The molecule has 0 bridgehead atoms. The van der Waals surface area contributed by atoms with Crippen molar-refractivity contribution in [2.75, 3.05) is 0 Å². The topological polar surface area (TPSA) is 38.0 Å². The third-order valence-corrected chi connectivity index (χ3v) is 4.06. The lowest BCUT2D eigenvalue weighted by Crippen LogP contribution is -2.37. The Labute approximate surface area is 109 Å². The molecule has 3 heteroatoms. The van der Waals surface area contributed by atoms with Crippen molar-refractivity contribution in [3.8, 4) is 0 Å². The van der Waals surface area contributed by atoms with E-state index in [1.54, 1.807) is 6.07 Å². The Morgan fingerprint density at radius 2 is 2.00 bits per heavy atom. The van der Waals surface area contributed by atoms with E-state index >= 15 is 0 Å². The standard InChI is InChI=1S/C15H23FN2/c16-15-8-4-3-7-13(15)11-14(18-17)10-9-12-5-1-2-6-12/h3-4,7-8,12,14,18H,1-2,5-6,9-11,17H2. The quantitative estimate of drug-likeness (QED) is 0.601. The second-order valence-electron chi connectivity index (χ2n) is 5.39. The van der Waals surface area contributed by atoms with Crippen LogP contribution in [0.4, 0.5) is 4.39 Å². The van der Waals surface area contributed by atoms with Crippen molar-refractivity contribution in [3.05, 3.63) is 35.6 Å². The van der Waals surface area contributed by atoms with Crippen molar-refractivity contribution in [2.45, 2.75) is 51.0 Å². The van der Waals surface area contributed by atoms with Gasteiger partial charge in [0.25, 0.3) is 0 Å². The average molecular weight is 250 g/mol. The van der Waals surface area contributed by atoms with E-state index < -0.39 is 0 Å². The lowest BCUT2D eigenvalue weighted by molar-refractivity contribution is 0.403. The molecule has 1 fully saturated rings. The van der Waals surface area contributed by atoms with E-state index in [4.69, 9.17) is 5.84 Å². The minimum Gasteiger partial charge on any atom is -0.271 e. The normalized spacial score (nSPS) is 18.1. The molecule has 1 unspecified atom stereocenters. The van der Waals surface area contributed by atoms with Crippen molar-refractivity contribution in [1.82, 2.24) is 5.43 Å². The fourth-order valence-corrected chi connectivity index (χ4v) is 2.91. The molecule has 0 aromatic heterocycles. The molecular weight excluding hydrogens is 227 g/mol. The second-order valence-corrected chi connectivity index (χ2v) is 5.39. The van der Waals surface area contributed by atoms with Gasteiger partial charge in [0.05, 0.1) is 0 Å². The van der Waals surface area contributed by atoms with Gasteiger partial charge in [-0.05, 0) is 36.8 Å². The van der Waals surface area contributed by atoms with Crippen molar-refractivity contribution in [2.24, 2.45) is 11.8 Å². The molecule has 0 heterocycles. The molecule has 0 radical (unpaired) electrons. The van der Waals surface area contributed by atoms with Crippen LogP contribution in [0.5, 0.6) is 0 Å². The summed E-state index contributed by atoms with van der Waals surface area (Å²) in [6.07, 6.45) is 8.39. The van der Waals surface area contributed by atoms with Gasteiger partial charge >= 0.3 is 0 Å². The van der Waals surface area contributed by atoms with Gasteiger partial charge in [0.1, 0.15) is 5.82 Å². The number of hydrogen-bond acceptors (Lipinski definition) is 2. The van der Waals surface area contributed by atoms with Gasteiger partial charge in [-0.3, -0.25) is 11.3 Å². The van der Waals surface area contributed by atoms with Crippen LogP contribution >= 0.6 is 0 Å². The first kappa shape index (κ1) is 13.5. The molecule has 3 N–H and O–H groups in total. The lowest BCUT2D eigenvalue weighted by Gasteiger charge is -2.18. The molecule has 0 spiro atoms. The Morgan fingerprint density at radius 1 is 1.28 bits per heavy atom. The van der Waals surface area contributed by atoms with Crippen LogP contribution < -0.4 is 11.3 Å². The maximum Gasteiger partial charge on any atom is 0.126 e. The van der Waals surface area contributed by atoms with Gasteiger partial charge in [0, 0.05) is 6.04 Å². The van der Waals surface area contributed by atoms with Crippen LogP contribution in [0.2, 0.25) is 0 Å². The minimum atomic E-state index is -0.126. The van der Waals surface area contributed by atoms with E-state index in [-0.39, 0.29) is 11.9 Å². The van der Waals surface area contributed by atoms with Gasteiger partial charge in [0.15, 0.2) is 0 Å². The zero-order valence-electron chi connectivity index (χ0n) is 10.9. The molecule has 100 valence electrons. The number of rotatable bonds is 6. The lowest BCUT2D eigenvalue weighted by atomic mass is 9.95. The fraction of sp³-hybridized carbons (Fsp3) is 0.600. The molecule has 0 aliphatic heterocycles. The number of hydrogen-bond donors (Lipinski definition) is 2. The summed E-state index contributed by atoms with van der Waals surface area (Å²) < 4.78 is 13.6. The van der Waals surface area contributed by atoms with E-state index in [1.807, 2.05) is 12.1 Å². The van der Waals surface area contributed by atoms with Crippen LogP contribution in [0.3, 0.4) is 0 Å². The number of nitrogens with two attached hydrogens (primary N) is 1. The molecule has 1 aliphatic carbocycles. The first-order valence-electron chi connectivity index (χ1n) is 6.99. The molecule has 0 amide bonds. The number of nitrogens with one attached hydrogen (secondary N) is 1. The number of benzene rings is 1. The third-order valence-electron chi connectivity index (χ3n) is 4.06. The van der Waals surface area contributed by atoms with E-state index in [0.717, 1.165) is 17.9 Å². The largest absolute Gasteiger partial charge is 0.271 e. The van der Waals surface area contributed by atoms with Gasteiger partial charge in [-0.2, -0.15) is 0 Å². The first-order chi connectivity index (χ1) is 8.79. The smallest absolute Gasteiger partial charge is 0.126 e. The van der Waals surface area contributed by atoms with E-state index in [0.29, 0.717) is 6.42 Å². The van der Waals surface area contributed by atoms with Crippen LogP contribution in [0, 0.1) is 11.7 Å². The van der Waals surface area contributed by atoms with Gasteiger partial charge < -0.3 is 0 Å². The Morgan fingerprint density at radius 3 is 2.67 bits per heavy atom. The zero-order chi connectivity index (χ0) is 12.8. The van der Waals surface area contributed by atoms with Crippen LogP contribution in [-0.2, 0) is 6.42 Å². The maximum absolute atomic E-state index is 13.6. The molecule has 1 saturated carbocycles. The number of halogens is 1. The van der Waals surface area contributed by atoms with Crippen LogP contribution in [0.15, 0.2) is 24.3 Å². The average Bonchev–Trinajstić information content (AvgIpc) is 2.90.